The number of aryl methyl sites for hydroxylation is 2. The van der Waals surface area contributed by atoms with Gasteiger partial charge in [0.15, 0.2) is 0 Å². The molecule has 2 heterocycles. The van der Waals surface area contributed by atoms with Gasteiger partial charge in [-0.1, -0.05) is 6.92 Å². The number of likely N-dealkylation sites (tertiary alicyclic amines) is 1. The van der Waals surface area contributed by atoms with Crippen LogP contribution in [0.4, 0.5) is 11.5 Å². The summed E-state index contributed by atoms with van der Waals surface area (Å²) >= 11 is 0. The Morgan fingerprint density at radius 1 is 1.43 bits per heavy atom. The minimum absolute atomic E-state index is 0.00798. The fourth-order valence-electron chi connectivity index (χ4n) is 2.61. The van der Waals surface area contributed by atoms with Crippen molar-refractivity contribution in [1.29, 1.82) is 0 Å². The molecule has 0 bridgehead atoms. The molecular formula is C13H21N5O3. The quantitative estimate of drug-likeness (QED) is 0.631. The molecular weight excluding hydrogens is 274 g/mol. The zero-order valence-electron chi connectivity index (χ0n) is 12.5. The van der Waals surface area contributed by atoms with Crippen LogP contribution in [0.25, 0.3) is 0 Å². The van der Waals surface area contributed by atoms with E-state index < -0.39 is 4.92 Å². The highest BCUT2D eigenvalue weighted by atomic mass is 16.6. The van der Waals surface area contributed by atoms with Gasteiger partial charge in [-0.2, -0.15) is 5.10 Å². The molecule has 0 aliphatic carbocycles. The van der Waals surface area contributed by atoms with Crippen LogP contribution in [0.1, 0.15) is 31.9 Å². The highest BCUT2D eigenvalue weighted by Crippen LogP contribution is 2.28. The molecule has 8 nitrogen and oxygen atoms in total. The summed E-state index contributed by atoms with van der Waals surface area (Å²) in [5.74, 6) is 0.464. The molecule has 0 radical (unpaired) electrons. The molecule has 1 aromatic heterocycles. The van der Waals surface area contributed by atoms with Crippen molar-refractivity contribution in [3.05, 3.63) is 15.8 Å². The number of nitrogens with zero attached hydrogens (tertiary/aromatic N) is 4. The first-order valence-corrected chi connectivity index (χ1v) is 7.26. The van der Waals surface area contributed by atoms with Gasteiger partial charge in [0.05, 0.1) is 4.92 Å². The Morgan fingerprint density at radius 2 is 2.10 bits per heavy atom. The fourth-order valence-corrected chi connectivity index (χ4v) is 2.61. The van der Waals surface area contributed by atoms with E-state index in [0.717, 1.165) is 25.9 Å². The van der Waals surface area contributed by atoms with E-state index in [0.29, 0.717) is 30.9 Å². The lowest BCUT2D eigenvalue weighted by molar-refractivity contribution is -0.384. The predicted molar refractivity (Wildman–Crippen MR) is 78.2 cm³/mol. The predicted octanol–water partition coefficient (Wildman–Crippen LogP) is 1.32. The number of carbonyl (C=O) groups is 1. The third kappa shape index (κ3) is 3.32. The molecule has 1 aliphatic heterocycles. The van der Waals surface area contributed by atoms with Crippen LogP contribution in [0.5, 0.6) is 0 Å². The van der Waals surface area contributed by atoms with Gasteiger partial charge in [-0.3, -0.25) is 14.9 Å². The Bertz CT molecular complexity index is 534. The summed E-state index contributed by atoms with van der Waals surface area (Å²) in [5, 5.41) is 18.3. The average molecular weight is 295 g/mol. The van der Waals surface area contributed by atoms with E-state index in [1.54, 1.807) is 7.05 Å². The molecule has 21 heavy (non-hydrogen) atoms. The van der Waals surface area contributed by atoms with Gasteiger partial charge >= 0.3 is 5.69 Å². The summed E-state index contributed by atoms with van der Waals surface area (Å²) < 4.78 is 1.47. The second-order valence-corrected chi connectivity index (χ2v) is 5.14. The smallest absolute Gasteiger partial charge is 0.333 e. The summed E-state index contributed by atoms with van der Waals surface area (Å²) in [5.41, 5.74) is 0.462. The fraction of sp³-hybridized carbons (Fsp3) is 0.692. The number of hydrogen-bond acceptors (Lipinski definition) is 5. The molecule has 1 saturated heterocycles. The number of rotatable bonds is 6. The average Bonchev–Trinajstić information content (AvgIpc) is 3.06. The van der Waals surface area contributed by atoms with E-state index in [2.05, 4.69) is 10.4 Å². The van der Waals surface area contributed by atoms with Gasteiger partial charge in [0.2, 0.25) is 11.7 Å². The number of hydrogen-bond donors (Lipinski definition) is 1. The van der Waals surface area contributed by atoms with Gasteiger partial charge < -0.3 is 10.2 Å². The van der Waals surface area contributed by atoms with Gasteiger partial charge in [0, 0.05) is 33.1 Å². The van der Waals surface area contributed by atoms with Gasteiger partial charge in [-0.25, -0.2) is 4.68 Å². The summed E-state index contributed by atoms with van der Waals surface area (Å²) in [6.07, 6.45) is 2.96. The third-order valence-corrected chi connectivity index (χ3v) is 3.70. The van der Waals surface area contributed by atoms with Crippen LogP contribution in [-0.2, 0) is 18.3 Å². The molecule has 1 aliphatic rings. The van der Waals surface area contributed by atoms with E-state index >= 15 is 0 Å². The molecule has 0 atom stereocenters. The lowest BCUT2D eigenvalue weighted by Crippen LogP contribution is -2.29. The van der Waals surface area contributed by atoms with Crippen LogP contribution in [0, 0.1) is 10.1 Å². The van der Waals surface area contributed by atoms with E-state index in [1.807, 2.05) is 11.8 Å². The molecule has 116 valence electrons. The molecule has 1 aromatic rings. The Kier molecular flexibility index (Phi) is 4.77. The van der Waals surface area contributed by atoms with Crippen molar-refractivity contribution in [1.82, 2.24) is 14.7 Å². The maximum Gasteiger partial charge on any atom is 0.333 e. The van der Waals surface area contributed by atoms with Gasteiger partial charge in [0.25, 0.3) is 0 Å². The Balaban J connectivity index is 1.98. The summed E-state index contributed by atoms with van der Waals surface area (Å²) in [6, 6.07) is 0. The van der Waals surface area contributed by atoms with Crippen molar-refractivity contribution in [3.8, 4) is 0 Å². The van der Waals surface area contributed by atoms with Crippen LogP contribution >= 0.6 is 0 Å². The second-order valence-electron chi connectivity index (χ2n) is 5.14. The van der Waals surface area contributed by atoms with Crippen LogP contribution in [0.2, 0.25) is 0 Å². The van der Waals surface area contributed by atoms with E-state index in [4.69, 9.17) is 0 Å². The highest BCUT2D eigenvalue weighted by molar-refractivity contribution is 5.77. The van der Waals surface area contributed by atoms with Crippen LogP contribution in [0.15, 0.2) is 0 Å². The Morgan fingerprint density at radius 3 is 2.67 bits per heavy atom. The number of amides is 1. The minimum atomic E-state index is -0.420. The molecule has 0 aromatic carbocycles. The number of anilines is 1. The molecule has 1 N–H and O–H groups in total. The number of nitrogens with one attached hydrogen (secondary N) is 1. The van der Waals surface area contributed by atoms with Crippen LogP contribution in [-0.4, -0.2) is 45.1 Å². The van der Waals surface area contributed by atoms with Crippen molar-refractivity contribution >= 4 is 17.4 Å². The second kappa shape index (κ2) is 6.55. The zero-order chi connectivity index (χ0) is 15.4. The van der Waals surface area contributed by atoms with Crippen molar-refractivity contribution in [2.45, 2.75) is 32.6 Å². The monoisotopic (exact) mass is 295 g/mol. The SMILES string of the molecule is CCc1nn(C)c(NCCC(=O)N2CCCC2)c1[N+](=O)[O-]. The van der Waals surface area contributed by atoms with Crippen molar-refractivity contribution < 1.29 is 9.72 Å². The maximum atomic E-state index is 11.9. The molecule has 2 rings (SSSR count). The summed E-state index contributed by atoms with van der Waals surface area (Å²) in [7, 11) is 1.66. The van der Waals surface area contributed by atoms with Crippen LogP contribution in [0.3, 0.4) is 0 Å². The number of carbonyl (C=O) groups excluding carboxylic acids is 1. The first-order chi connectivity index (χ1) is 10.0. The zero-order valence-corrected chi connectivity index (χ0v) is 12.5. The lowest BCUT2D eigenvalue weighted by atomic mass is 10.3. The molecule has 1 fully saturated rings. The topological polar surface area (TPSA) is 93.3 Å². The first-order valence-electron chi connectivity index (χ1n) is 7.26. The molecule has 0 spiro atoms. The summed E-state index contributed by atoms with van der Waals surface area (Å²) in [4.78, 5) is 24.5. The van der Waals surface area contributed by atoms with Crippen molar-refractivity contribution in [3.63, 3.8) is 0 Å². The Labute approximate surface area is 123 Å². The van der Waals surface area contributed by atoms with E-state index in [9.17, 15) is 14.9 Å². The standard InChI is InChI=1S/C13H21N5O3/c1-3-10-12(18(20)21)13(16(2)15-10)14-7-6-11(19)17-8-4-5-9-17/h14H,3-9H2,1-2H3. The van der Waals surface area contributed by atoms with E-state index in [1.165, 1.54) is 4.68 Å². The summed E-state index contributed by atoms with van der Waals surface area (Å²) in [6.45, 7) is 3.85. The van der Waals surface area contributed by atoms with Gasteiger partial charge in [-0.05, 0) is 19.3 Å². The molecule has 8 heteroatoms. The Hall–Kier alpha value is -2.12. The lowest BCUT2D eigenvalue weighted by Gasteiger charge is -2.15. The van der Waals surface area contributed by atoms with Gasteiger partial charge in [0.1, 0.15) is 5.69 Å². The molecule has 0 unspecified atom stereocenters. The largest absolute Gasteiger partial charge is 0.364 e. The minimum Gasteiger partial charge on any atom is -0.364 e. The third-order valence-electron chi connectivity index (χ3n) is 3.70. The molecule has 0 saturated carbocycles. The highest BCUT2D eigenvalue weighted by Gasteiger charge is 2.25. The van der Waals surface area contributed by atoms with E-state index in [-0.39, 0.29) is 11.6 Å². The molecule has 1 amide bonds. The first kappa shape index (κ1) is 15.3. The number of aromatic nitrogens is 2. The normalized spacial score (nSPS) is 14.5. The van der Waals surface area contributed by atoms with Crippen molar-refractivity contribution in [2.24, 2.45) is 7.05 Å². The van der Waals surface area contributed by atoms with Crippen molar-refractivity contribution in [2.75, 3.05) is 25.0 Å². The number of nitro groups is 1. The maximum absolute atomic E-state index is 11.9. The van der Waals surface area contributed by atoms with Gasteiger partial charge in [-0.15, -0.1) is 0 Å². The van der Waals surface area contributed by atoms with Crippen LogP contribution < -0.4 is 5.32 Å².